The van der Waals surface area contributed by atoms with E-state index in [2.05, 4.69) is 35.3 Å². The maximum Gasteiger partial charge on any atom is 0.438 e. The number of hydrogen-bond donors (Lipinski definition) is 1. The van der Waals surface area contributed by atoms with Crippen LogP contribution in [0.4, 0.5) is 4.39 Å². The lowest BCUT2D eigenvalue weighted by Crippen LogP contribution is -2.41. The average Bonchev–Trinajstić information content (AvgIpc) is 3.75. The number of carbonyl (C=O) groups is 1. The summed E-state index contributed by atoms with van der Waals surface area (Å²) in [6, 6.07) is 17.8. The fourth-order valence-electron chi connectivity index (χ4n) is 10.0. The molecule has 7 aromatic rings. The van der Waals surface area contributed by atoms with Gasteiger partial charge in [-0.15, -0.1) is 0 Å². The molecular weight excluding hydrogens is 828 g/mol. The van der Waals surface area contributed by atoms with Crippen molar-refractivity contribution in [1.29, 1.82) is 0 Å². The topological polar surface area (TPSA) is 172 Å². The number of nitrogens with one attached hydrogen (secondary N) is 1. The van der Waals surface area contributed by atoms with Gasteiger partial charge in [0.1, 0.15) is 22.9 Å². The van der Waals surface area contributed by atoms with Gasteiger partial charge in [0.15, 0.2) is 15.7 Å². The molecule has 2 fully saturated rings. The number of sulfone groups is 1. The molecule has 0 bridgehead atoms. The Kier molecular flexibility index (Phi) is 9.63. The fourth-order valence-corrected chi connectivity index (χ4v) is 10.8. The molecule has 4 aromatic heterocycles. The highest BCUT2D eigenvalue weighted by molar-refractivity contribution is 7.89. The van der Waals surface area contributed by atoms with Crippen LogP contribution in [0.5, 0.6) is 0 Å². The summed E-state index contributed by atoms with van der Waals surface area (Å²) >= 11 is 0. The maximum absolute atomic E-state index is 15.4. The van der Waals surface area contributed by atoms with Gasteiger partial charge in [0.05, 0.1) is 28.9 Å². The van der Waals surface area contributed by atoms with Gasteiger partial charge in [-0.1, -0.05) is 30.3 Å². The number of aryl methyl sites for hydroxylation is 2. The Bertz CT molecular complexity index is 3200. The van der Waals surface area contributed by atoms with Crippen LogP contribution in [0.15, 0.2) is 87.2 Å². The van der Waals surface area contributed by atoms with Gasteiger partial charge in [0, 0.05) is 61.3 Å². The highest BCUT2D eigenvalue weighted by Gasteiger charge is 2.59. The van der Waals surface area contributed by atoms with Gasteiger partial charge in [-0.05, 0) is 117 Å². The van der Waals surface area contributed by atoms with Crippen molar-refractivity contribution in [2.75, 3.05) is 26.0 Å². The van der Waals surface area contributed by atoms with Crippen LogP contribution in [0.3, 0.4) is 0 Å². The number of aromatic amines is 1. The first-order valence-corrected chi connectivity index (χ1v) is 23.3. The van der Waals surface area contributed by atoms with Crippen molar-refractivity contribution in [3.8, 4) is 17.2 Å². The van der Waals surface area contributed by atoms with Crippen LogP contribution >= 0.6 is 0 Å². The van der Waals surface area contributed by atoms with Crippen LogP contribution in [0.1, 0.15) is 94.9 Å². The zero-order valence-corrected chi connectivity index (χ0v) is 36.4. The number of hydrogen-bond acceptors (Lipinski definition) is 9. The molecule has 1 amide bonds. The van der Waals surface area contributed by atoms with E-state index in [1.807, 2.05) is 17.6 Å². The number of benzene rings is 3. The van der Waals surface area contributed by atoms with E-state index in [0.29, 0.717) is 95.2 Å². The number of halogens is 1. The number of H-pyrrole nitrogens is 1. The summed E-state index contributed by atoms with van der Waals surface area (Å²) in [5, 5.41) is 10.1. The first-order chi connectivity index (χ1) is 30.1. The van der Waals surface area contributed by atoms with E-state index in [0.717, 1.165) is 30.0 Å². The molecule has 6 heterocycles. The second-order valence-corrected chi connectivity index (χ2v) is 19.7. The molecule has 15 nitrogen and oxygen atoms in total. The van der Waals surface area contributed by atoms with Crippen LogP contribution in [0.2, 0.25) is 0 Å². The molecule has 17 heteroatoms. The molecule has 10 rings (SSSR count). The van der Waals surface area contributed by atoms with Crippen LogP contribution in [-0.2, 0) is 32.3 Å². The number of rotatable bonds is 9. The molecule has 63 heavy (non-hydrogen) atoms. The SMILES string of the molecule is Cc1cc(-n2nc3c(c2-n2ccn(-c4cccc(CS(C)(=O)=O)c4)c2=O)[C@H](C)N(C(=O)c2cc4cc(C5CCOCC5)ccc4n2[C@@]2(c4noc(=O)[nH]4)C[C@@H]2C)CC3)cc(C)c1F. The normalized spacial score (nSPS) is 20.4. The van der Waals surface area contributed by atoms with E-state index in [1.165, 1.54) is 14.7 Å². The highest BCUT2D eigenvalue weighted by Crippen LogP contribution is 2.56. The molecule has 0 spiro atoms. The molecule has 3 aromatic carbocycles. The van der Waals surface area contributed by atoms with Crippen molar-refractivity contribution < 1.29 is 26.9 Å². The first kappa shape index (κ1) is 40.7. The van der Waals surface area contributed by atoms with Gasteiger partial charge in [0.25, 0.3) is 5.91 Å². The molecular formula is C46H47FN8O7S. The number of ether oxygens (including phenoxy) is 1. The van der Waals surface area contributed by atoms with E-state index < -0.39 is 32.9 Å². The molecule has 1 saturated heterocycles. The van der Waals surface area contributed by atoms with Gasteiger partial charge >= 0.3 is 11.4 Å². The summed E-state index contributed by atoms with van der Waals surface area (Å²) in [6.45, 7) is 9.03. The Hall–Kier alpha value is -6.33. The van der Waals surface area contributed by atoms with Gasteiger partial charge < -0.3 is 14.2 Å². The number of aromatic nitrogens is 7. The molecule has 3 aliphatic rings. The summed E-state index contributed by atoms with van der Waals surface area (Å²) in [5.74, 6) is -0.365. The number of amides is 1. The second-order valence-electron chi connectivity index (χ2n) is 17.5. The van der Waals surface area contributed by atoms with Crippen LogP contribution in [0.25, 0.3) is 28.1 Å². The van der Waals surface area contributed by atoms with Crippen molar-refractivity contribution >= 4 is 26.6 Å². The first-order valence-electron chi connectivity index (χ1n) is 21.2. The van der Waals surface area contributed by atoms with Gasteiger partial charge in [0.2, 0.25) is 0 Å². The summed E-state index contributed by atoms with van der Waals surface area (Å²) in [6.07, 6.45) is 7.18. The number of fused-ring (bicyclic) bond motifs is 2. The Balaban J connectivity index is 1.11. The monoisotopic (exact) mass is 874 g/mol. The van der Waals surface area contributed by atoms with Crippen molar-refractivity contribution in [3.05, 3.63) is 145 Å². The molecule has 326 valence electrons. The Morgan fingerprint density at radius 2 is 1.70 bits per heavy atom. The minimum Gasteiger partial charge on any atom is -0.381 e. The lowest BCUT2D eigenvalue weighted by atomic mass is 9.91. The third-order valence-electron chi connectivity index (χ3n) is 13.3. The van der Waals surface area contributed by atoms with E-state index >= 15 is 9.18 Å². The van der Waals surface area contributed by atoms with Crippen molar-refractivity contribution in [2.45, 2.75) is 76.6 Å². The van der Waals surface area contributed by atoms with Gasteiger partial charge in [-0.3, -0.25) is 23.4 Å². The van der Waals surface area contributed by atoms with E-state index in [-0.39, 0.29) is 23.4 Å². The Labute approximate surface area is 361 Å². The second kappa shape index (κ2) is 14.9. The highest BCUT2D eigenvalue weighted by atomic mass is 32.2. The zero-order valence-electron chi connectivity index (χ0n) is 35.6. The third-order valence-corrected chi connectivity index (χ3v) is 14.1. The lowest BCUT2D eigenvalue weighted by Gasteiger charge is -2.34. The number of nitrogens with zero attached hydrogens (tertiary/aromatic N) is 7. The molecule has 1 N–H and O–H groups in total. The van der Waals surface area contributed by atoms with Crippen LogP contribution in [0, 0.1) is 25.6 Å². The predicted octanol–water partition coefficient (Wildman–Crippen LogP) is 6.18. The van der Waals surface area contributed by atoms with E-state index in [9.17, 15) is 18.0 Å². The van der Waals surface area contributed by atoms with Crippen LogP contribution < -0.4 is 11.4 Å². The summed E-state index contributed by atoms with van der Waals surface area (Å²) in [5.41, 5.74) is 4.85. The molecule has 0 unspecified atom stereocenters. The molecule has 2 aliphatic heterocycles. The largest absolute Gasteiger partial charge is 0.438 e. The maximum atomic E-state index is 15.4. The minimum atomic E-state index is -3.34. The van der Waals surface area contributed by atoms with Crippen LogP contribution in [-0.4, -0.2) is 78.9 Å². The molecule has 0 radical (unpaired) electrons. The summed E-state index contributed by atoms with van der Waals surface area (Å²) < 4.78 is 56.7. The van der Waals surface area contributed by atoms with E-state index in [4.69, 9.17) is 14.4 Å². The van der Waals surface area contributed by atoms with Crippen molar-refractivity contribution in [3.63, 3.8) is 0 Å². The smallest absolute Gasteiger partial charge is 0.381 e. The quantitative estimate of drug-likeness (QED) is 0.178. The van der Waals surface area contributed by atoms with Crippen molar-refractivity contribution in [1.82, 2.24) is 38.5 Å². The molecule has 3 atom stereocenters. The molecule has 1 saturated carbocycles. The van der Waals surface area contributed by atoms with Gasteiger partial charge in [-0.25, -0.2) is 27.1 Å². The zero-order chi connectivity index (χ0) is 44.1. The lowest BCUT2D eigenvalue weighted by molar-refractivity contribution is 0.0663. The van der Waals surface area contributed by atoms with Gasteiger partial charge in [-0.2, -0.15) is 5.10 Å². The fraction of sp³-hybridized carbons (Fsp3) is 0.370. The third kappa shape index (κ3) is 6.79. The summed E-state index contributed by atoms with van der Waals surface area (Å²) in [4.78, 5) is 47.0. The average molecular weight is 875 g/mol. The van der Waals surface area contributed by atoms with Crippen molar-refractivity contribution in [2.24, 2.45) is 5.92 Å². The standard InChI is InChI=1S/C46H47FN8O7S/c1-26-19-35(20-27(2)40(26)47)55-41(53-16-15-52(45(53)58)34-8-6-7-30(21-34)25-63(5,59)60)39-29(4)51(14-11-36(39)49-55)42(56)38-23-33-22-32(31-12-17-61-18-13-31)9-10-37(33)54(38)46(24-28(46)3)43-48-44(57)62-50-43/h6-10,15-16,19-23,28-29,31H,11-14,17-18,24-25H2,1-5H3,(H,48,50,57)/t28-,29-,46-/m0/s1. The Morgan fingerprint density at radius 1 is 0.968 bits per heavy atom. The predicted molar refractivity (Wildman–Crippen MR) is 232 cm³/mol. The number of carbonyl (C=O) groups excluding carboxylic acids is 1. The number of imidazole rings is 1. The minimum absolute atomic E-state index is 0.0105. The molecule has 1 aliphatic carbocycles. The van der Waals surface area contributed by atoms with E-state index in [1.54, 1.807) is 72.2 Å². The Morgan fingerprint density at radius 3 is 2.38 bits per heavy atom. The summed E-state index contributed by atoms with van der Waals surface area (Å²) in [7, 11) is -3.34.